The molecule has 19 heavy (non-hydrogen) atoms. The minimum atomic E-state index is 0.984. The lowest BCUT2D eigenvalue weighted by atomic mass is 9.96. The van der Waals surface area contributed by atoms with Crippen LogP contribution in [-0.2, 0) is 13.1 Å². The summed E-state index contributed by atoms with van der Waals surface area (Å²) in [6, 6.07) is 4.58. The molecular formula is C16H28N2S. The van der Waals surface area contributed by atoms with Crippen molar-refractivity contribution in [1.82, 2.24) is 10.2 Å². The normalized spacial score (nSPS) is 21.5. The van der Waals surface area contributed by atoms with Crippen molar-refractivity contribution in [3.63, 3.8) is 0 Å². The predicted octanol–water partition coefficient (Wildman–Crippen LogP) is 3.87. The molecule has 1 aromatic heterocycles. The zero-order chi connectivity index (χ0) is 13.5. The molecule has 0 spiro atoms. The van der Waals surface area contributed by atoms with Gasteiger partial charge in [0, 0.05) is 22.8 Å². The van der Waals surface area contributed by atoms with E-state index < -0.39 is 0 Å². The fourth-order valence-electron chi connectivity index (χ4n) is 3.08. The van der Waals surface area contributed by atoms with Gasteiger partial charge in [-0.15, -0.1) is 11.3 Å². The first kappa shape index (κ1) is 15.0. The summed E-state index contributed by atoms with van der Waals surface area (Å²) in [5, 5.41) is 3.23. The average Bonchev–Trinajstić information content (AvgIpc) is 2.71. The molecule has 1 N–H and O–H groups in total. The Morgan fingerprint density at radius 2 is 2.11 bits per heavy atom. The van der Waals surface area contributed by atoms with Gasteiger partial charge in [-0.05, 0) is 57.5 Å². The molecule has 1 saturated heterocycles. The van der Waals surface area contributed by atoms with E-state index in [2.05, 4.69) is 29.3 Å². The zero-order valence-electron chi connectivity index (χ0n) is 12.5. The molecule has 1 atom stereocenters. The molecule has 1 aliphatic rings. The van der Waals surface area contributed by atoms with E-state index in [1.165, 1.54) is 54.9 Å². The Kier molecular flexibility index (Phi) is 6.35. The highest BCUT2D eigenvalue weighted by Crippen LogP contribution is 2.24. The van der Waals surface area contributed by atoms with Gasteiger partial charge in [-0.25, -0.2) is 0 Å². The first-order chi connectivity index (χ1) is 9.31. The number of rotatable bonds is 6. The average molecular weight is 280 g/mol. The van der Waals surface area contributed by atoms with Crippen LogP contribution in [0.25, 0.3) is 0 Å². The summed E-state index contributed by atoms with van der Waals surface area (Å²) in [6.07, 6.45) is 7.02. The molecule has 0 aliphatic carbocycles. The SMILES string of the molecule is CCCC1CCCN(Cc2ccc(CNC)s2)CC1. The van der Waals surface area contributed by atoms with Crippen molar-refractivity contribution in [2.75, 3.05) is 20.1 Å². The van der Waals surface area contributed by atoms with Crippen molar-refractivity contribution in [2.24, 2.45) is 5.92 Å². The van der Waals surface area contributed by atoms with Gasteiger partial charge >= 0.3 is 0 Å². The van der Waals surface area contributed by atoms with Crippen LogP contribution in [0.4, 0.5) is 0 Å². The van der Waals surface area contributed by atoms with Crippen LogP contribution in [0, 0.1) is 5.92 Å². The molecule has 0 saturated carbocycles. The molecule has 0 aromatic carbocycles. The topological polar surface area (TPSA) is 15.3 Å². The van der Waals surface area contributed by atoms with E-state index >= 15 is 0 Å². The fourth-order valence-corrected chi connectivity index (χ4v) is 4.15. The van der Waals surface area contributed by atoms with Gasteiger partial charge < -0.3 is 5.32 Å². The molecule has 1 fully saturated rings. The third-order valence-corrected chi connectivity index (χ3v) is 5.15. The Balaban J connectivity index is 1.81. The maximum absolute atomic E-state index is 3.23. The fraction of sp³-hybridized carbons (Fsp3) is 0.750. The highest BCUT2D eigenvalue weighted by molar-refractivity contribution is 7.11. The molecule has 1 aromatic rings. The summed E-state index contributed by atoms with van der Waals surface area (Å²) < 4.78 is 0. The van der Waals surface area contributed by atoms with Crippen molar-refractivity contribution in [1.29, 1.82) is 0 Å². The lowest BCUT2D eigenvalue weighted by molar-refractivity contribution is 0.273. The lowest BCUT2D eigenvalue weighted by Gasteiger charge is -2.19. The van der Waals surface area contributed by atoms with E-state index in [4.69, 9.17) is 0 Å². The monoisotopic (exact) mass is 280 g/mol. The number of thiophene rings is 1. The van der Waals surface area contributed by atoms with E-state index in [0.717, 1.165) is 19.0 Å². The lowest BCUT2D eigenvalue weighted by Crippen LogP contribution is -2.23. The van der Waals surface area contributed by atoms with E-state index in [-0.39, 0.29) is 0 Å². The Morgan fingerprint density at radius 3 is 2.89 bits per heavy atom. The van der Waals surface area contributed by atoms with Crippen molar-refractivity contribution >= 4 is 11.3 Å². The molecule has 0 amide bonds. The van der Waals surface area contributed by atoms with Crippen molar-refractivity contribution < 1.29 is 0 Å². The van der Waals surface area contributed by atoms with Gasteiger partial charge in [-0.3, -0.25) is 4.90 Å². The van der Waals surface area contributed by atoms with Gasteiger partial charge in [0.25, 0.3) is 0 Å². The second-order valence-electron chi connectivity index (χ2n) is 5.76. The maximum atomic E-state index is 3.23. The highest BCUT2D eigenvalue weighted by Gasteiger charge is 2.16. The summed E-state index contributed by atoms with van der Waals surface area (Å²) in [7, 11) is 2.02. The van der Waals surface area contributed by atoms with Crippen molar-refractivity contribution in [3.8, 4) is 0 Å². The molecular weight excluding hydrogens is 252 g/mol. The summed E-state index contributed by atoms with van der Waals surface area (Å²) in [5.41, 5.74) is 0. The van der Waals surface area contributed by atoms with Gasteiger partial charge in [0.2, 0.25) is 0 Å². The molecule has 0 bridgehead atoms. The van der Waals surface area contributed by atoms with Crippen LogP contribution in [0.2, 0.25) is 0 Å². The first-order valence-electron chi connectivity index (χ1n) is 7.76. The molecule has 1 aliphatic heterocycles. The number of likely N-dealkylation sites (tertiary alicyclic amines) is 1. The minimum absolute atomic E-state index is 0.984. The summed E-state index contributed by atoms with van der Waals surface area (Å²) in [5.74, 6) is 0.984. The smallest absolute Gasteiger partial charge is 0.0328 e. The van der Waals surface area contributed by atoms with Gasteiger partial charge in [0.15, 0.2) is 0 Å². The Hall–Kier alpha value is -0.380. The zero-order valence-corrected chi connectivity index (χ0v) is 13.3. The van der Waals surface area contributed by atoms with Crippen LogP contribution in [0.5, 0.6) is 0 Å². The molecule has 1 unspecified atom stereocenters. The van der Waals surface area contributed by atoms with Crippen molar-refractivity contribution in [3.05, 3.63) is 21.9 Å². The third kappa shape index (κ3) is 4.90. The second-order valence-corrected chi connectivity index (χ2v) is 7.01. The van der Waals surface area contributed by atoms with Gasteiger partial charge in [0.1, 0.15) is 0 Å². The summed E-state index contributed by atoms with van der Waals surface area (Å²) in [6.45, 7) is 7.07. The Labute approximate surface area is 122 Å². The molecule has 0 radical (unpaired) electrons. The van der Waals surface area contributed by atoms with E-state index in [1.807, 2.05) is 18.4 Å². The number of nitrogens with one attached hydrogen (secondary N) is 1. The van der Waals surface area contributed by atoms with Crippen LogP contribution >= 0.6 is 11.3 Å². The largest absolute Gasteiger partial charge is 0.315 e. The maximum Gasteiger partial charge on any atom is 0.0328 e. The standard InChI is InChI=1S/C16H28N2S/c1-3-5-14-6-4-10-18(11-9-14)13-16-8-7-15(19-16)12-17-2/h7-8,14,17H,3-6,9-13H2,1-2H3. The van der Waals surface area contributed by atoms with Gasteiger partial charge in [0.05, 0.1) is 0 Å². The van der Waals surface area contributed by atoms with Crippen LogP contribution in [0.1, 0.15) is 48.8 Å². The van der Waals surface area contributed by atoms with Crippen LogP contribution in [0.15, 0.2) is 12.1 Å². The van der Waals surface area contributed by atoms with Gasteiger partial charge in [-0.1, -0.05) is 19.8 Å². The van der Waals surface area contributed by atoms with Crippen LogP contribution in [0.3, 0.4) is 0 Å². The molecule has 2 nitrogen and oxygen atoms in total. The molecule has 2 rings (SSSR count). The summed E-state index contributed by atoms with van der Waals surface area (Å²) >= 11 is 1.96. The molecule has 108 valence electrons. The third-order valence-electron chi connectivity index (χ3n) is 4.08. The number of hydrogen-bond donors (Lipinski definition) is 1. The molecule has 3 heteroatoms. The second kappa shape index (κ2) is 8.03. The Bertz CT molecular complexity index is 361. The quantitative estimate of drug-likeness (QED) is 0.851. The van der Waals surface area contributed by atoms with E-state index in [1.54, 1.807) is 0 Å². The van der Waals surface area contributed by atoms with Crippen molar-refractivity contribution in [2.45, 2.75) is 52.1 Å². The van der Waals surface area contributed by atoms with E-state index in [9.17, 15) is 0 Å². The first-order valence-corrected chi connectivity index (χ1v) is 8.58. The highest BCUT2D eigenvalue weighted by atomic mass is 32.1. The van der Waals surface area contributed by atoms with Gasteiger partial charge in [-0.2, -0.15) is 0 Å². The summed E-state index contributed by atoms with van der Waals surface area (Å²) in [4.78, 5) is 5.64. The Morgan fingerprint density at radius 1 is 1.26 bits per heavy atom. The number of hydrogen-bond acceptors (Lipinski definition) is 3. The number of nitrogens with zero attached hydrogens (tertiary/aromatic N) is 1. The van der Waals surface area contributed by atoms with Crippen LogP contribution in [-0.4, -0.2) is 25.0 Å². The van der Waals surface area contributed by atoms with Crippen LogP contribution < -0.4 is 5.32 Å². The molecule has 2 heterocycles. The predicted molar refractivity (Wildman–Crippen MR) is 84.6 cm³/mol. The minimum Gasteiger partial charge on any atom is -0.315 e. The van der Waals surface area contributed by atoms with E-state index in [0.29, 0.717) is 0 Å².